The summed E-state index contributed by atoms with van der Waals surface area (Å²) in [6, 6.07) is 10.4. The number of nitriles is 1. The molecule has 1 aliphatic rings. The topological polar surface area (TPSA) is 53.0 Å². The van der Waals surface area contributed by atoms with Gasteiger partial charge >= 0.3 is 0 Å². The summed E-state index contributed by atoms with van der Waals surface area (Å²) in [6.45, 7) is 3.07. The van der Waals surface area contributed by atoms with Crippen LogP contribution in [0.15, 0.2) is 24.3 Å². The number of rotatable bonds is 2. The van der Waals surface area contributed by atoms with Crippen molar-refractivity contribution in [3.8, 4) is 6.07 Å². The van der Waals surface area contributed by atoms with E-state index in [0.717, 1.165) is 38.0 Å². The van der Waals surface area contributed by atoms with Crippen molar-refractivity contribution < 1.29 is 0 Å². The molecule has 1 saturated heterocycles. The number of hydrogen-bond donors (Lipinski definition) is 1. The number of nitrogens with two attached hydrogens (primary N) is 1. The van der Waals surface area contributed by atoms with Gasteiger partial charge in [0, 0.05) is 12.6 Å². The van der Waals surface area contributed by atoms with Gasteiger partial charge in [-0.1, -0.05) is 12.1 Å². The van der Waals surface area contributed by atoms with Crippen LogP contribution < -0.4 is 5.73 Å². The Kier molecular flexibility index (Phi) is 7.97. The highest BCUT2D eigenvalue weighted by Crippen LogP contribution is 2.13. The number of likely N-dealkylation sites (tertiary alicyclic amines) is 1. The third kappa shape index (κ3) is 4.83. The molecule has 0 bridgehead atoms. The van der Waals surface area contributed by atoms with Crippen molar-refractivity contribution in [1.29, 1.82) is 5.26 Å². The number of piperidine rings is 1. The lowest BCUT2D eigenvalue weighted by atomic mass is 10.0. The van der Waals surface area contributed by atoms with Gasteiger partial charge in [-0.2, -0.15) is 5.26 Å². The Bertz CT molecular complexity index is 395. The molecule has 0 radical (unpaired) electrons. The molecular weight excluding hydrogens is 269 g/mol. The molecule has 3 nitrogen and oxygen atoms in total. The van der Waals surface area contributed by atoms with Gasteiger partial charge in [-0.3, -0.25) is 4.90 Å². The van der Waals surface area contributed by atoms with Crippen LogP contribution >= 0.6 is 24.8 Å². The summed E-state index contributed by atoms with van der Waals surface area (Å²) in [7, 11) is 0. The van der Waals surface area contributed by atoms with Crippen molar-refractivity contribution >= 4 is 24.8 Å². The van der Waals surface area contributed by atoms with Gasteiger partial charge in [-0.25, -0.2) is 0 Å². The van der Waals surface area contributed by atoms with E-state index in [9.17, 15) is 0 Å². The van der Waals surface area contributed by atoms with E-state index in [-0.39, 0.29) is 24.8 Å². The summed E-state index contributed by atoms with van der Waals surface area (Å²) in [5.74, 6) is 0. The zero-order valence-electron chi connectivity index (χ0n) is 10.2. The van der Waals surface area contributed by atoms with Gasteiger partial charge in [-0.05, 0) is 43.6 Å². The fourth-order valence-corrected chi connectivity index (χ4v) is 2.11. The van der Waals surface area contributed by atoms with Crippen LogP contribution in [0.5, 0.6) is 0 Å². The third-order valence-corrected chi connectivity index (χ3v) is 3.09. The molecule has 0 aromatic heterocycles. The average molecular weight is 288 g/mol. The highest BCUT2D eigenvalue weighted by Gasteiger charge is 2.15. The van der Waals surface area contributed by atoms with Crippen molar-refractivity contribution in [3.63, 3.8) is 0 Å². The van der Waals surface area contributed by atoms with Crippen molar-refractivity contribution in [2.75, 3.05) is 13.1 Å². The molecule has 0 unspecified atom stereocenters. The van der Waals surface area contributed by atoms with E-state index in [1.807, 2.05) is 18.2 Å². The molecule has 0 spiro atoms. The molecule has 0 atom stereocenters. The van der Waals surface area contributed by atoms with E-state index in [1.165, 1.54) is 5.56 Å². The molecule has 0 saturated carbocycles. The summed E-state index contributed by atoms with van der Waals surface area (Å²) >= 11 is 0. The predicted molar refractivity (Wildman–Crippen MR) is 78.1 cm³/mol. The zero-order chi connectivity index (χ0) is 11.4. The molecule has 100 valence electrons. The Morgan fingerprint density at radius 3 is 2.56 bits per heavy atom. The highest BCUT2D eigenvalue weighted by molar-refractivity contribution is 5.85. The van der Waals surface area contributed by atoms with E-state index in [0.29, 0.717) is 6.04 Å². The van der Waals surface area contributed by atoms with Gasteiger partial charge in [0.25, 0.3) is 0 Å². The minimum Gasteiger partial charge on any atom is -0.328 e. The highest BCUT2D eigenvalue weighted by atomic mass is 35.5. The van der Waals surface area contributed by atoms with E-state index in [2.05, 4.69) is 17.0 Å². The summed E-state index contributed by atoms with van der Waals surface area (Å²) in [5, 5.41) is 8.82. The molecule has 0 aliphatic carbocycles. The second-order valence-electron chi connectivity index (χ2n) is 4.43. The van der Waals surface area contributed by atoms with Crippen molar-refractivity contribution in [2.24, 2.45) is 5.73 Å². The molecule has 1 aliphatic heterocycles. The van der Waals surface area contributed by atoms with Crippen LogP contribution in [0.1, 0.15) is 24.0 Å². The van der Waals surface area contributed by atoms with Gasteiger partial charge in [0.2, 0.25) is 0 Å². The summed E-state index contributed by atoms with van der Waals surface area (Å²) in [6.07, 6.45) is 2.16. The Labute approximate surface area is 121 Å². The van der Waals surface area contributed by atoms with E-state index in [1.54, 1.807) is 0 Å². The van der Waals surface area contributed by atoms with Crippen LogP contribution in [0, 0.1) is 11.3 Å². The van der Waals surface area contributed by atoms with Crippen molar-refractivity contribution in [1.82, 2.24) is 4.90 Å². The van der Waals surface area contributed by atoms with Crippen LogP contribution in [0.3, 0.4) is 0 Å². The molecule has 18 heavy (non-hydrogen) atoms. The fraction of sp³-hybridized carbons (Fsp3) is 0.462. The Morgan fingerprint density at radius 1 is 1.28 bits per heavy atom. The summed E-state index contributed by atoms with van der Waals surface area (Å²) < 4.78 is 0. The van der Waals surface area contributed by atoms with Gasteiger partial charge in [-0.15, -0.1) is 24.8 Å². The molecular formula is C13H19Cl2N3. The average Bonchev–Trinajstić information content (AvgIpc) is 2.32. The van der Waals surface area contributed by atoms with E-state index in [4.69, 9.17) is 11.0 Å². The molecule has 1 fully saturated rings. The second kappa shape index (κ2) is 8.34. The van der Waals surface area contributed by atoms with Gasteiger partial charge in [0.05, 0.1) is 11.6 Å². The molecule has 1 aromatic rings. The van der Waals surface area contributed by atoms with Gasteiger partial charge in [0.1, 0.15) is 0 Å². The molecule has 0 amide bonds. The molecule has 1 heterocycles. The number of hydrogen-bond acceptors (Lipinski definition) is 3. The first kappa shape index (κ1) is 17.2. The quantitative estimate of drug-likeness (QED) is 0.908. The fourth-order valence-electron chi connectivity index (χ4n) is 2.11. The Balaban J connectivity index is 0.00000144. The van der Waals surface area contributed by atoms with Crippen LogP contribution in [-0.2, 0) is 6.54 Å². The first-order valence-electron chi connectivity index (χ1n) is 5.75. The Hall–Kier alpha value is -0.790. The van der Waals surface area contributed by atoms with Crippen LogP contribution in [0.25, 0.3) is 0 Å². The SMILES string of the molecule is Cl.Cl.N#Cc1cccc(CN2CCC(N)CC2)c1. The number of benzene rings is 1. The van der Waals surface area contributed by atoms with Crippen molar-refractivity contribution in [2.45, 2.75) is 25.4 Å². The summed E-state index contributed by atoms with van der Waals surface area (Å²) in [4.78, 5) is 2.40. The van der Waals surface area contributed by atoms with E-state index < -0.39 is 0 Å². The first-order chi connectivity index (χ1) is 7.78. The largest absolute Gasteiger partial charge is 0.328 e. The third-order valence-electron chi connectivity index (χ3n) is 3.09. The van der Waals surface area contributed by atoms with Crippen LogP contribution in [0.4, 0.5) is 0 Å². The monoisotopic (exact) mass is 287 g/mol. The number of nitrogens with zero attached hydrogens (tertiary/aromatic N) is 2. The minimum absolute atomic E-state index is 0. The summed E-state index contributed by atoms with van der Waals surface area (Å²) in [5.41, 5.74) is 7.83. The molecule has 1 aromatic carbocycles. The lowest BCUT2D eigenvalue weighted by molar-refractivity contribution is 0.205. The van der Waals surface area contributed by atoms with Crippen molar-refractivity contribution in [3.05, 3.63) is 35.4 Å². The smallest absolute Gasteiger partial charge is 0.0991 e. The molecule has 2 rings (SSSR count). The second-order valence-corrected chi connectivity index (χ2v) is 4.43. The standard InChI is InChI=1S/C13H17N3.2ClH/c14-9-11-2-1-3-12(8-11)10-16-6-4-13(15)5-7-16;;/h1-3,8,13H,4-7,10,15H2;2*1H. The molecule has 5 heteroatoms. The maximum Gasteiger partial charge on any atom is 0.0991 e. The van der Waals surface area contributed by atoms with Gasteiger partial charge < -0.3 is 5.73 Å². The lowest BCUT2D eigenvalue weighted by Gasteiger charge is -2.30. The predicted octanol–water partition coefficient (Wildman–Crippen LogP) is 2.32. The first-order valence-corrected chi connectivity index (χ1v) is 5.75. The lowest BCUT2D eigenvalue weighted by Crippen LogP contribution is -2.39. The Morgan fingerprint density at radius 2 is 1.94 bits per heavy atom. The van der Waals surface area contributed by atoms with E-state index >= 15 is 0 Å². The molecule has 2 N–H and O–H groups in total. The maximum absolute atomic E-state index is 8.82. The minimum atomic E-state index is 0. The maximum atomic E-state index is 8.82. The zero-order valence-corrected chi connectivity index (χ0v) is 11.8. The number of halogens is 2. The normalized spacial score (nSPS) is 16.2. The van der Waals surface area contributed by atoms with Crippen LogP contribution in [0.2, 0.25) is 0 Å². The van der Waals surface area contributed by atoms with Crippen LogP contribution in [-0.4, -0.2) is 24.0 Å². The van der Waals surface area contributed by atoms with Gasteiger partial charge in [0.15, 0.2) is 0 Å².